The van der Waals surface area contributed by atoms with Crippen LogP contribution < -0.4 is 9.80 Å². The van der Waals surface area contributed by atoms with Gasteiger partial charge in [0.15, 0.2) is 0 Å². The van der Waals surface area contributed by atoms with Crippen molar-refractivity contribution in [3.63, 3.8) is 0 Å². The molecule has 5 rings (SSSR count). The fourth-order valence-corrected chi connectivity index (χ4v) is 6.80. The van der Waals surface area contributed by atoms with E-state index in [9.17, 15) is 0 Å². The Morgan fingerprint density at radius 1 is 0.365 bits per heavy atom. The van der Waals surface area contributed by atoms with E-state index < -0.39 is 0 Å². The van der Waals surface area contributed by atoms with Crippen molar-refractivity contribution in [1.82, 2.24) is 19.9 Å². The van der Waals surface area contributed by atoms with Crippen LogP contribution in [0.15, 0.2) is 97.6 Å². The van der Waals surface area contributed by atoms with Crippen molar-refractivity contribution in [3.05, 3.63) is 120 Å². The number of hydrogen-bond acceptors (Lipinski definition) is 6. The molecule has 0 spiro atoms. The minimum absolute atomic E-state index is 0.878. The molecular weight excluding hydrogens is 637 g/mol. The zero-order chi connectivity index (χ0) is 36.4. The summed E-state index contributed by atoms with van der Waals surface area (Å²) >= 11 is 0. The molecule has 0 bridgehead atoms. The van der Waals surface area contributed by atoms with Crippen molar-refractivity contribution in [2.24, 2.45) is 0 Å². The monoisotopic (exact) mass is 696 g/mol. The van der Waals surface area contributed by atoms with Gasteiger partial charge in [0.1, 0.15) is 23.3 Å². The van der Waals surface area contributed by atoms with Gasteiger partial charge in [-0.25, -0.2) is 19.9 Å². The van der Waals surface area contributed by atoms with Gasteiger partial charge >= 0.3 is 0 Å². The second-order valence-electron chi connectivity index (χ2n) is 14.1. The standard InChI is InChI=1S/C46H60N6/c1-5-9-13-18-37-24-28-47-43(32-37)51(44-33-38(25-29-48-44)19-14-10-6-2)41-22-17-23-42(36-41)52(45-34-39(26-30-49-45)20-15-11-7-3)46-35-40(27-31-50-46)21-16-12-8-4/h17,22-36H,5-16,18-21H2,1-4H3. The van der Waals surface area contributed by atoms with Gasteiger partial charge in [-0.1, -0.05) is 85.1 Å². The fraction of sp³-hybridized carbons (Fsp3) is 0.435. The van der Waals surface area contributed by atoms with Gasteiger partial charge in [0, 0.05) is 24.8 Å². The lowest BCUT2D eigenvalue weighted by molar-refractivity contribution is 0.716. The van der Waals surface area contributed by atoms with Crippen LogP contribution in [0.5, 0.6) is 0 Å². The lowest BCUT2D eigenvalue weighted by atomic mass is 10.1. The average Bonchev–Trinajstić information content (AvgIpc) is 3.17. The van der Waals surface area contributed by atoms with Crippen molar-refractivity contribution in [2.75, 3.05) is 9.80 Å². The van der Waals surface area contributed by atoms with E-state index >= 15 is 0 Å². The van der Waals surface area contributed by atoms with Gasteiger partial charge in [-0.15, -0.1) is 0 Å². The molecule has 0 atom stereocenters. The number of anilines is 6. The number of hydrogen-bond donors (Lipinski definition) is 0. The first kappa shape index (κ1) is 38.6. The summed E-state index contributed by atoms with van der Waals surface area (Å²) in [5.74, 6) is 3.51. The van der Waals surface area contributed by atoms with Gasteiger partial charge in [0.05, 0.1) is 11.4 Å². The molecule has 4 heterocycles. The van der Waals surface area contributed by atoms with Crippen molar-refractivity contribution in [3.8, 4) is 0 Å². The molecule has 6 heteroatoms. The fourth-order valence-electron chi connectivity index (χ4n) is 6.80. The van der Waals surface area contributed by atoms with Gasteiger partial charge in [-0.2, -0.15) is 0 Å². The minimum Gasteiger partial charge on any atom is -0.279 e. The Labute approximate surface area is 313 Å². The summed E-state index contributed by atoms with van der Waals surface area (Å²) in [6, 6.07) is 26.3. The number of aromatic nitrogens is 4. The Morgan fingerprint density at radius 3 is 0.923 bits per heavy atom. The van der Waals surface area contributed by atoms with E-state index in [0.717, 1.165) is 60.3 Å². The molecule has 0 aliphatic carbocycles. The van der Waals surface area contributed by atoms with Gasteiger partial charge in [-0.05, 0) is 140 Å². The highest BCUT2D eigenvalue weighted by Crippen LogP contribution is 2.39. The van der Waals surface area contributed by atoms with Gasteiger partial charge in [0.25, 0.3) is 0 Å². The normalized spacial score (nSPS) is 11.2. The first-order chi connectivity index (χ1) is 25.6. The van der Waals surface area contributed by atoms with E-state index in [-0.39, 0.29) is 0 Å². The third-order valence-electron chi connectivity index (χ3n) is 9.78. The lowest BCUT2D eigenvalue weighted by Crippen LogP contribution is -2.16. The van der Waals surface area contributed by atoms with E-state index in [4.69, 9.17) is 19.9 Å². The summed E-state index contributed by atoms with van der Waals surface area (Å²) in [7, 11) is 0. The molecule has 4 aromatic heterocycles. The Kier molecular flexibility index (Phi) is 15.7. The zero-order valence-corrected chi connectivity index (χ0v) is 32.2. The van der Waals surface area contributed by atoms with Crippen LogP contribution in [0.4, 0.5) is 34.6 Å². The van der Waals surface area contributed by atoms with Crippen LogP contribution in [0.25, 0.3) is 0 Å². The van der Waals surface area contributed by atoms with Crippen LogP contribution in [-0.4, -0.2) is 19.9 Å². The van der Waals surface area contributed by atoms with E-state index in [0.29, 0.717) is 0 Å². The maximum absolute atomic E-state index is 4.96. The van der Waals surface area contributed by atoms with Crippen molar-refractivity contribution < 1.29 is 0 Å². The summed E-state index contributed by atoms with van der Waals surface area (Å²) < 4.78 is 0. The molecule has 0 aliphatic rings. The minimum atomic E-state index is 0.878. The van der Waals surface area contributed by atoms with Crippen LogP contribution in [-0.2, 0) is 25.7 Å². The van der Waals surface area contributed by atoms with E-state index in [1.807, 2.05) is 24.8 Å². The SMILES string of the molecule is CCCCCc1ccnc(N(c2cccc(N(c3cc(CCCCC)ccn3)c3cc(CCCCC)ccn3)c2)c2cc(CCCCC)ccn2)c1. The van der Waals surface area contributed by atoms with Crippen LogP contribution in [0, 0.1) is 0 Å². The predicted molar refractivity (Wildman–Crippen MR) is 220 cm³/mol. The highest BCUT2D eigenvalue weighted by Gasteiger charge is 2.21. The highest BCUT2D eigenvalue weighted by atomic mass is 15.3. The predicted octanol–water partition coefficient (Wildman–Crippen LogP) is 13.1. The van der Waals surface area contributed by atoms with E-state index in [2.05, 4.69) is 110 Å². The van der Waals surface area contributed by atoms with E-state index in [1.165, 1.54) is 99.3 Å². The van der Waals surface area contributed by atoms with Crippen LogP contribution in [0.1, 0.15) is 127 Å². The first-order valence-corrected chi connectivity index (χ1v) is 20.1. The molecule has 1 aromatic carbocycles. The maximum Gasteiger partial charge on any atom is 0.138 e. The lowest BCUT2D eigenvalue weighted by Gasteiger charge is -2.28. The number of pyridine rings is 4. The smallest absolute Gasteiger partial charge is 0.138 e. The number of unbranched alkanes of at least 4 members (excludes halogenated alkanes) is 8. The Balaban J connectivity index is 1.61. The van der Waals surface area contributed by atoms with Gasteiger partial charge < -0.3 is 0 Å². The molecule has 274 valence electrons. The van der Waals surface area contributed by atoms with Crippen molar-refractivity contribution >= 4 is 34.6 Å². The summed E-state index contributed by atoms with van der Waals surface area (Å²) in [4.78, 5) is 24.3. The van der Waals surface area contributed by atoms with Crippen LogP contribution in [0.3, 0.4) is 0 Å². The Hall–Kier alpha value is -4.58. The maximum atomic E-state index is 4.96. The second kappa shape index (κ2) is 21.1. The number of aryl methyl sites for hydroxylation is 4. The Morgan fingerprint density at radius 2 is 0.654 bits per heavy atom. The molecule has 0 fully saturated rings. The summed E-state index contributed by atoms with van der Waals surface area (Å²) in [6.07, 6.45) is 26.4. The van der Waals surface area contributed by atoms with Gasteiger partial charge in [-0.3, -0.25) is 9.80 Å². The molecule has 6 nitrogen and oxygen atoms in total. The Bertz CT molecular complexity index is 1550. The molecule has 0 saturated heterocycles. The number of rotatable bonds is 22. The molecule has 0 unspecified atom stereocenters. The summed E-state index contributed by atoms with van der Waals surface area (Å²) in [5.41, 5.74) is 7.19. The summed E-state index contributed by atoms with van der Waals surface area (Å²) in [5, 5.41) is 0. The quantitative estimate of drug-likeness (QED) is 0.0671. The third kappa shape index (κ3) is 11.2. The molecule has 0 radical (unpaired) electrons. The van der Waals surface area contributed by atoms with Crippen molar-refractivity contribution in [2.45, 2.75) is 130 Å². The molecule has 0 aliphatic heterocycles. The second-order valence-corrected chi connectivity index (χ2v) is 14.1. The molecule has 0 N–H and O–H groups in total. The van der Waals surface area contributed by atoms with Crippen LogP contribution >= 0.6 is 0 Å². The molecule has 0 saturated carbocycles. The molecule has 0 amide bonds. The largest absolute Gasteiger partial charge is 0.279 e. The number of nitrogens with zero attached hydrogens (tertiary/aromatic N) is 6. The third-order valence-corrected chi connectivity index (χ3v) is 9.78. The number of benzene rings is 1. The molecule has 5 aromatic rings. The first-order valence-electron chi connectivity index (χ1n) is 20.1. The molecular formula is C46H60N6. The zero-order valence-electron chi connectivity index (χ0n) is 32.2. The summed E-state index contributed by atoms with van der Waals surface area (Å²) in [6.45, 7) is 9.02. The highest BCUT2D eigenvalue weighted by molar-refractivity contribution is 5.79. The van der Waals surface area contributed by atoms with E-state index in [1.54, 1.807) is 0 Å². The van der Waals surface area contributed by atoms with Gasteiger partial charge in [0.2, 0.25) is 0 Å². The van der Waals surface area contributed by atoms with Crippen LogP contribution in [0.2, 0.25) is 0 Å². The average molecular weight is 697 g/mol. The molecule has 52 heavy (non-hydrogen) atoms. The topological polar surface area (TPSA) is 58.0 Å². The van der Waals surface area contributed by atoms with Crippen molar-refractivity contribution in [1.29, 1.82) is 0 Å².